The first-order chi connectivity index (χ1) is 11.3. The quantitative estimate of drug-likeness (QED) is 0.706. The minimum Gasteiger partial charge on any atom is -0.489 e. The maximum absolute atomic E-state index is 12.5. The lowest BCUT2D eigenvalue weighted by Gasteiger charge is -2.11. The Bertz CT molecular complexity index is 874. The second-order valence-electron chi connectivity index (χ2n) is 5.52. The van der Waals surface area contributed by atoms with E-state index in [2.05, 4.69) is 4.98 Å². The van der Waals surface area contributed by atoms with Gasteiger partial charge in [0.15, 0.2) is 0 Å². The Kier molecular flexibility index (Phi) is 4.05. The van der Waals surface area contributed by atoms with Crippen molar-refractivity contribution in [1.82, 2.24) is 4.98 Å². The molecule has 3 aromatic rings. The Morgan fingerprint density at radius 2 is 1.79 bits per heavy atom. The van der Waals surface area contributed by atoms with Gasteiger partial charge in [-0.2, -0.15) is 13.2 Å². The second-order valence-corrected chi connectivity index (χ2v) is 5.52. The van der Waals surface area contributed by atoms with Crippen molar-refractivity contribution in [2.45, 2.75) is 19.7 Å². The highest BCUT2D eigenvalue weighted by Crippen LogP contribution is 2.30. The lowest BCUT2D eigenvalue weighted by Crippen LogP contribution is -2.05. The summed E-state index contributed by atoms with van der Waals surface area (Å²) in [6.45, 7) is 2.10. The number of nitrogens with two attached hydrogens (primary N) is 1. The Morgan fingerprint density at radius 1 is 1.08 bits per heavy atom. The number of hydrogen-bond acceptors (Lipinski definition) is 3. The summed E-state index contributed by atoms with van der Waals surface area (Å²) in [5.74, 6) is 0.552. The minimum atomic E-state index is -4.34. The van der Waals surface area contributed by atoms with Gasteiger partial charge < -0.3 is 10.5 Å². The lowest BCUT2D eigenvalue weighted by atomic mass is 10.1. The average molecular weight is 332 g/mol. The third-order valence-corrected chi connectivity index (χ3v) is 3.75. The zero-order chi connectivity index (χ0) is 17.3. The van der Waals surface area contributed by atoms with Crippen LogP contribution < -0.4 is 10.5 Å². The standard InChI is InChI=1S/C18H15F3N2O/c1-11-6-7-23-17-15(11)8-14(9-16(17)22)24-10-12-2-4-13(5-3-12)18(19,20)21/h2-9H,10,22H2,1H3. The smallest absolute Gasteiger partial charge is 0.416 e. The van der Waals surface area contributed by atoms with Gasteiger partial charge >= 0.3 is 6.18 Å². The molecular formula is C18H15F3N2O. The number of hydrogen-bond donors (Lipinski definition) is 1. The lowest BCUT2D eigenvalue weighted by molar-refractivity contribution is -0.137. The molecule has 6 heteroatoms. The molecule has 1 aromatic heterocycles. The van der Waals surface area contributed by atoms with E-state index in [1.807, 2.05) is 19.1 Å². The molecule has 0 radical (unpaired) electrons. The highest BCUT2D eigenvalue weighted by atomic mass is 19.4. The van der Waals surface area contributed by atoms with Gasteiger partial charge in [0, 0.05) is 17.6 Å². The number of fused-ring (bicyclic) bond motifs is 1. The maximum atomic E-state index is 12.5. The highest BCUT2D eigenvalue weighted by molar-refractivity contribution is 5.92. The number of aromatic nitrogens is 1. The third-order valence-electron chi connectivity index (χ3n) is 3.75. The molecule has 24 heavy (non-hydrogen) atoms. The van der Waals surface area contributed by atoms with Crippen LogP contribution in [0.3, 0.4) is 0 Å². The second kappa shape index (κ2) is 6.03. The van der Waals surface area contributed by atoms with E-state index in [1.54, 1.807) is 12.3 Å². The number of pyridine rings is 1. The third kappa shape index (κ3) is 3.27. The number of nitrogen functional groups attached to an aromatic ring is 1. The molecule has 0 aliphatic carbocycles. The van der Waals surface area contributed by atoms with Gasteiger partial charge in [0.1, 0.15) is 12.4 Å². The van der Waals surface area contributed by atoms with Crippen LogP contribution >= 0.6 is 0 Å². The summed E-state index contributed by atoms with van der Waals surface area (Å²) in [7, 11) is 0. The predicted molar refractivity (Wildman–Crippen MR) is 86.7 cm³/mol. The maximum Gasteiger partial charge on any atom is 0.416 e. The summed E-state index contributed by atoms with van der Waals surface area (Å²) in [5, 5.41) is 0.889. The number of benzene rings is 2. The van der Waals surface area contributed by atoms with Gasteiger partial charge in [0.2, 0.25) is 0 Å². The molecular weight excluding hydrogens is 317 g/mol. The Morgan fingerprint density at radius 3 is 2.46 bits per heavy atom. The summed E-state index contributed by atoms with van der Waals surface area (Å²) in [6.07, 6.45) is -2.65. The van der Waals surface area contributed by atoms with Gasteiger partial charge in [0.25, 0.3) is 0 Å². The molecule has 0 unspecified atom stereocenters. The van der Waals surface area contributed by atoms with Crippen LogP contribution in [0.15, 0.2) is 48.7 Å². The van der Waals surface area contributed by atoms with E-state index >= 15 is 0 Å². The normalized spacial score (nSPS) is 11.7. The Balaban J connectivity index is 1.80. The van der Waals surface area contributed by atoms with Gasteiger partial charge in [-0.1, -0.05) is 12.1 Å². The van der Waals surface area contributed by atoms with Crippen molar-refractivity contribution in [2.24, 2.45) is 0 Å². The van der Waals surface area contributed by atoms with Crippen LogP contribution in [0.1, 0.15) is 16.7 Å². The van der Waals surface area contributed by atoms with E-state index in [-0.39, 0.29) is 6.61 Å². The van der Waals surface area contributed by atoms with E-state index in [1.165, 1.54) is 12.1 Å². The topological polar surface area (TPSA) is 48.1 Å². The van der Waals surface area contributed by atoms with E-state index in [9.17, 15) is 13.2 Å². The molecule has 0 saturated carbocycles. The first-order valence-electron chi connectivity index (χ1n) is 7.28. The van der Waals surface area contributed by atoms with Crippen molar-refractivity contribution in [2.75, 3.05) is 5.73 Å². The fourth-order valence-corrected chi connectivity index (χ4v) is 2.43. The fourth-order valence-electron chi connectivity index (χ4n) is 2.43. The van der Waals surface area contributed by atoms with Crippen molar-refractivity contribution >= 4 is 16.6 Å². The molecule has 0 aliphatic rings. The van der Waals surface area contributed by atoms with Crippen molar-refractivity contribution in [3.05, 3.63) is 65.4 Å². The molecule has 124 valence electrons. The molecule has 0 atom stereocenters. The van der Waals surface area contributed by atoms with Gasteiger partial charge in [-0.3, -0.25) is 4.98 Å². The number of rotatable bonds is 3. The van der Waals surface area contributed by atoms with Gasteiger partial charge in [-0.25, -0.2) is 0 Å². The highest BCUT2D eigenvalue weighted by Gasteiger charge is 2.29. The number of aryl methyl sites for hydroxylation is 1. The molecule has 0 fully saturated rings. The summed E-state index contributed by atoms with van der Waals surface area (Å²) in [6, 6.07) is 10.3. The van der Waals surface area contributed by atoms with E-state index in [0.29, 0.717) is 22.5 Å². The monoisotopic (exact) mass is 332 g/mol. The zero-order valence-electron chi connectivity index (χ0n) is 12.9. The largest absolute Gasteiger partial charge is 0.489 e. The summed E-state index contributed by atoms with van der Waals surface area (Å²) in [5.41, 5.74) is 8.18. The molecule has 3 nitrogen and oxygen atoms in total. The van der Waals surface area contributed by atoms with E-state index in [0.717, 1.165) is 23.1 Å². The SMILES string of the molecule is Cc1ccnc2c(N)cc(OCc3ccc(C(F)(F)F)cc3)cc12. The predicted octanol–water partition coefficient (Wildman–Crippen LogP) is 4.72. The van der Waals surface area contributed by atoms with Crippen LogP contribution in [0.5, 0.6) is 5.75 Å². The Hall–Kier alpha value is -2.76. The van der Waals surface area contributed by atoms with E-state index < -0.39 is 11.7 Å². The number of nitrogens with zero attached hydrogens (tertiary/aromatic N) is 1. The van der Waals surface area contributed by atoms with Crippen LogP contribution in [-0.4, -0.2) is 4.98 Å². The van der Waals surface area contributed by atoms with Gasteiger partial charge in [-0.05, 0) is 42.3 Å². The molecule has 1 heterocycles. The van der Waals surface area contributed by atoms with Crippen molar-refractivity contribution in [3.8, 4) is 5.75 Å². The number of anilines is 1. The first kappa shape index (κ1) is 16.1. The number of ether oxygens (including phenoxy) is 1. The van der Waals surface area contributed by atoms with E-state index in [4.69, 9.17) is 10.5 Å². The van der Waals surface area contributed by atoms with Crippen molar-refractivity contribution in [3.63, 3.8) is 0 Å². The van der Waals surface area contributed by atoms with Crippen LogP contribution in [0.2, 0.25) is 0 Å². The summed E-state index contributed by atoms with van der Waals surface area (Å²) >= 11 is 0. The molecule has 0 aliphatic heterocycles. The molecule has 0 saturated heterocycles. The fraction of sp³-hybridized carbons (Fsp3) is 0.167. The molecule has 0 bridgehead atoms. The van der Waals surface area contributed by atoms with Crippen LogP contribution in [0, 0.1) is 6.92 Å². The van der Waals surface area contributed by atoms with Crippen LogP contribution in [0.25, 0.3) is 10.9 Å². The number of halogens is 3. The minimum absolute atomic E-state index is 0.155. The average Bonchev–Trinajstić information content (AvgIpc) is 2.53. The summed E-state index contributed by atoms with van der Waals surface area (Å²) in [4.78, 5) is 4.25. The van der Waals surface area contributed by atoms with Crippen molar-refractivity contribution in [1.29, 1.82) is 0 Å². The molecule has 2 N–H and O–H groups in total. The van der Waals surface area contributed by atoms with Crippen molar-refractivity contribution < 1.29 is 17.9 Å². The van der Waals surface area contributed by atoms with Crippen LogP contribution in [-0.2, 0) is 12.8 Å². The zero-order valence-corrected chi connectivity index (χ0v) is 12.9. The molecule has 2 aromatic carbocycles. The van der Waals surface area contributed by atoms with Gasteiger partial charge in [0.05, 0.1) is 16.8 Å². The molecule has 0 amide bonds. The summed E-state index contributed by atoms with van der Waals surface area (Å²) < 4.78 is 43.3. The molecule has 3 rings (SSSR count). The Labute approximate surface area is 136 Å². The first-order valence-corrected chi connectivity index (χ1v) is 7.28. The number of alkyl halides is 3. The van der Waals surface area contributed by atoms with Gasteiger partial charge in [-0.15, -0.1) is 0 Å². The van der Waals surface area contributed by atoms with Crippen LogP contribution in [0.4, 0.5) is 18.9 Å². The molecule has 0 spiro atoms.